The van der Waals surface area contributed by atoms with E-state index in [1.54, 1.807) is 31.2 Å². The minimum Gasteiger partial charge on any atom is -0.493 e. The number of ether oxygens (including phenoxy) is 2. The summed E-state index contributed by atoms with van der Waals surface area (Å²) in [6, 6.07) is 20.9. The predicted molar refractivity (Wildman–Crippen MR) is 124 cm³/mol. The minimum absolute atomic E-state index is 0.00273. The van der Waals surface area contributed by atoms with Gasteiger partial charge in [-0.3, -0.25) is 14.9 Å². The fraction of sp³-hybridized carbons (Fsp3) is 0.120. The summed E-state index contributed by atoms with van der Waals surface area (Å²) in [7, 11) is 1.49. The lowest BCUT2D eigenvalue weighted by molar-refractivity contribution is -0.384. The molecule has 0 unspecified atom stereocenters. The van der Waals surface area contributed by atoms with Crippen molar-refractivity contribution in [1.29, 1.82) is 5.26 Å². The molecule has 33 heavy (non-hydrogen) atoms. The number of nitro benzene ring substituents is 1. The molecule has 0 aliphatic carbocycles. The maximum absolute atomic E-state index is 12.8. The molecule has 0 aliphatic heterocycles. The molecule has 0 saturated heterocycles. The lowest BCUT2D eigenvalue weighted by Gasteiger charge is -2.14. The molecule has 166 valence electrons. The quantitative estimate of drug-likeness (QED) is 0.226. The number of hydrogen-bond donors (Lipinski definition) is 1. The number of rotatable bonds is 8. The summed E-state index contributed by atoms with van der Waals surface area (Å²) in [6.45, 7) is 1.96. The fourth-order valence-corrected chi connectivity index (χ4v) is 3.08. The molecule has 3 rings (SSSR count). The van der Waals surface area contributed by atoms with E-state index in [0.717, 1.165) is 5.56 Å². The van der Waals surface area contributed by atoms with Crippen LogP contribution < -0.4 is 14.8 Å². The average molecular weight is 443 g/mol. The molecule has 0 atom stereocenters. The monoisotopic (exact) mass is 443 g/mol. The lowest BCUT2D eigenvalue weighted by Crippen LogP contribution is -2.14. The molecule has 0 saturated carbocycles. The first-order chi connectivity index (χ1) is 15.9. The summed E-state index contributed by atoms with van der Waals surface area (Å²) in [5, 5.41) is 23.4. The van der Waals surface area contributed by atoms with Gasteiger partial charge in [-0.2, -0.15) is 5.26 Å². The highest BCUT2D eigenvalue weighted by Gasteiger charge is 2.19. The standard InChI is InChI=1S/C25H21N3O5/c1-17-11-12-21(22(13-17)28(30)31)27-25(29)20(15-26)14-19-9-6-10-23(32-2)24(19)33-16-18-7-4-3-5-8-18/h3-14H,16H2,1-2H3,(H,27,29)/b20-14+. The van der Waals surface area contributed by atoms with Gasteiger partial charge in [0.15, 0.2) is 11.5 Å². The Kier molecular flexibility index (Phi) is 7.39. The zero-order chi connectivity index (χ0) is 23.8. The topological polar surface area (TPSA) is 114 Å². The van der Waals surface area contributed by atoms with Crippen LogP contribution in [-0.2, 0) is 11.4 Å². The smallest absolute Gasteiger partial charge is 0.293 e. The highest BCUT2D eigenvalue weighted by atomic mass is 16.6. The second-order valence-corrected chi connectivity index (χ2v) is 7.05. The molecule has 0 aliphatic rings. The largest absolute Gasteiger partial charge is 0.493 e. The van der Waals surface area contributed by atoms with Gasteiger partial charge >= 0.3 is 0 Å². The Balaban J connectivity index is 1.91. The van der Waals surface area contributed by atoms with E-state index in [1.165, 1.54) is 25.3 Å². The van der Waals surface area contributed by atoms with Crippen LogP contribution in [-0.4, -0.2) is 17.9 Å². The molecule has 3 aromatic rings. The maximum Gasteiger partial charge on any atom is 0.293 e. The number of hydrogen-bond acceptors (Lipinski definition) is 6. The van der Waals surface area contributed by atoms with Gasteiger partial charge in [-0.1, -0.05) is 48.5 Å². The molecular weight excluding hydrogens is 422 g/mol. The van der Waals surface area contributed by atoms with Crippen LogP contribution in [0.2, 0.25) is 0 Å². The molecule has 0 bridgehead atoms. The third-order valence-corrected chi connectivity index (χ3v) is 4.72. The van der Waals surface area contributed by atoms with Crippen LogP contribution in [0.3, 0.4) is 0 Å². The highest BCUT2D eigenvalue weighted by molar-refractivity contribution is 6.10. The number of carbonyl (C=O) groups is 1. The number of amides is 1. The van der Waals surface area contributed by atoms with Gasteiger partial charge in [0, 0.05) is 11.6 Å². The van der Waals surface area contributed by atoms with Gasteiger partial charge in [-0.25, -0.2) is 0 Å². The number of anilines is 1. The van der Waals surface area contributed by atoms with Crippen LogP contribution in [0.25, 0.3) is 6.08 Å². The summed E-state index contributed by atoms with van der Waals surface area (Å²) in [5.41, 5.74) is 1.56. The number of carbonyl (C=O) groups excluding carboxylic acids is 1. The summed E-state index contributed by atoms with van der Waals surface area (Å²) in [4.78, 5) is 23.5. The highest BCUT2D eigenvalue weighted by Crippen LogP contribution is 2.33. The first kappa shape index (κ1) is 23.0. The van der Waals surface area contributed by atoms with Crippen molar-refractivity contribution in [3.8, 4) is 17.6 Å². The number of benzene rings is 3. The Morgan fingerprint density at radius 3 is 2.58 bits per heavy atom. The van der Waals surface area contributed by atoms with Crippen molar-refractivity contribution in [2.24, 2.45) is 0 Å². The van der Waals surface area contributed by atoms with Crippen molar-refractivity contribution in [2.75, 3.05) is 12.4 Å². The summed E-state index contributed by atoms with van der Waals surface area (Å²) in [6.07, 6.45) is 1.36. The third-order valence-electron chi connectivity index (χ3n) is 4.72. The fourth-order valence-electron chi connectivity index (χ4n) is 3.08. The zero-order valence-corrected chi connectivity index (χ0v) is 18.1. The zero-order valence-electron chi connectivity index (χ0n) is 18.1. The summed E-state index contributed by atoms with van der Waals surface area (Å²) >= 11 is 0. The van der Waals surface area contributed by atoms with Gasteiger partial charge < -0.3 is 14.8 Å². The Morgan fingerprint density at radius 1 is 1.15 bits per heavy atom. The molecule has 0 fully saturated rings. The number of aryl methyl sites for hydroxylation is 1. The second kappa shape index (κ2) is 10.6. The molecule has 3 aromatic carbocycles. The van der Waals surface area contributed by atoms with Crippen LogP contribution >= 0.6 is 0 Å². The van der Waals surface area contributed by atoms with Crippen LogP contribution in [0.1, 0.15) is 16.7 Å². The van der Waals surface area contributed by atoms with Crippen molar-refractivity contribution in [3.63, 3.8) is 0 Å². The van der Waals surface area contributed by atoms with Crippen molar-refractivity contribution in [2.45, 2.75) is 13.5 Å². The molecule has 0 heterocycles. The molecule has 1 N–H and O–H groups in total. The van der Waals surface area contributed by atoms with E-state index >= 15 is 0 Å². The number of nitrogens with zero attached hydrogens (tertiary/aromatic N) is 2. The van der Waals surface area contributed by atoms with Gasteiger partial charge in [0.05, 0.1) is 12.0 Å². The molecule has 1 amide bonds. The summed E-state index contributed by atoms with van der Waals surface area (Å²) < 4.78 is 11.3. The summed E-state index contributed by atoms with van der Waals surface area (Å²) in [5.74, 6) is 0.0264. The van der Waals surface area contributed by atoms with Gasteiger partial charge in [0.25, 0.3) is 11.6 Å². The second-order valence-electron chi connectivity index (χ2n) is 7.05. The Hall–Kier alpha value is -4.64. The van der Waals surface area contributed by atoms with Crippen molar-refractivity contribution in [1.82, 2.24) is 0 Å². The normalized spacial score (nSPS) is 10.8. The predicted octanol–water partition coefficient (Wildman–Crippen LogP) is 5.04. The van der Waals surface area contributed by atoms with Crippen LogP contribution in [0, 0.1) is 28.4 Å². The maximum atomic E-state index is 12.8. The lowest BCUT2D eigenvalue weighted by atomic mass is 10.1. The Morgan fingerprint density at radius 2 is 1.91 bits per heavy atom. The molecular formula is C25H21N3O5. The Labute approximate surface area is 190 Å². The number of para-hydroxylation sites is 1. The number of methoxy groups -OCH3 is 1. The van der Waals surface area contributed by atoms with Crippen LogP contribution in [0.5, 0.6) is 11.5 Å². The Bertz CT molecular complexity index is 1250. The minimum atomic E-state index is -0.777. The van der Waals surface area contributed by atoms with E-state index in [1.807, 2.05) is 36.4 Å². The van der Waals surface area contributed by atoms with Crippen molar-refractivity contribution in [3.05, 3.63) is 99.1 Å². The van der Waals surface area contributed by atoms with E-state index in [0.29, 0.717) is 22.6 Å². The van der Waals surface area contributed by atoms with E-state index in [9.17, 15) is 20.2 Å². The SMILES string of the molecule is COc1cccc(/C=C(\C#N)C(=O)Nc2ccc(C)cc2[N+](=O)[O-])c1OCc1ccccc1. The number of nitrogens with one attached hydrogen (secondary N) is 1. The van der Waals surface area contributed by atoms with Gasteiger partial charge in [0.1, 0.15) is 23.9 Å². The number of nitro groups is 1. The van der Waals surface area contributed by atoms with Crippen molar-refractivity contribution < 1.29 is 19.2 Å². The van der Waals surface area contributed by atoms with Gasteiger partial charge in [-0.15, -0.1) is 0 Å². The molecule has 0 spiro atoms. The van der Waals surface area contributed by atoms with Crippen LogP contribution in [0.4, 0.5) is 11.4 Å². The van der Waals surface area contributed by atoms with Crippen molar-refractivity contribution >= 4 is 23.4 Å². The van der Waals surface area contributed by atoms with E-state index < -0.39 is 10.8 Å². The molecule has 0 aromatic heterocycles. The molecule has 8 nitrogen and oxygen atoms in total. The van der Waals surface area contributed by atoms with Crippen LogP contribution in [0.15, 0.2) is 72.3 Å². The van der Waals surface area contributed by atoms with E-state index in [-0.39, 0.29) is 23.6 Å². The van der Waals surface area contributed by atoms with E-state index in [2.05, 4.69) is 5.32 Å². The number of nitriles is 1. The first-order valence-corrected chi connectivity index (χ1v) is 9.95. The molecule has 0 radical (unpaired) electrons. The first-order valence-electron chi connectivity index (χ1n) is 9.95. The van der Waals surface area contributed by atoms with Gasteiger partial charge in [0.2, 0.25) is 0 Å². The van der Waals surface area contributed by atoms with Gasteiger partial charge in [-0.05, 0) is 36.3 Å². The third kappa shape index (κ3) is 5.74. The van der Waals surface area contributed by atoms with E-state index in [4.69, 9.17) is 9.47 Å². The molecule has 8 heteroatoms. The average Bonchev–Trinajstić information content (AvgIpc) is 2.82.